The number of nitrogens with one attached hydrogen (secondary N) is 1. The van der Waals surface area contributed by atoms with Gasteiger partial charge in [0.15, 0.2) is 0 Å². The van der Waals surface area contributed by atoms with Crippen LogP contribution >= 0.6 is 11.6 Å². The summed E-state index contributed by atoms with van der Waals surface area (Å²) in [4.78, 5) is 23.3. The van der Waals surface area contributed by atoms with Crippen molar-refractivity contribution in [2.45, 2.75) is 12.5 Å². The van der Waals surface area contributed by atoms with Gasteiger partial charge in [-0.3, -0.25) is 4.79 Å². The number of carboxylic acids is 1. The van der Waals surface area contributed by atoms with E-state index in [9.17, 15) is 14.7 Å². The molecule has 0 radical (unpaired) electrons. The summed E-state index contributed by atoms with van der Waals surface area (Å²) in [6.45, 7) is 0. The number of rotatable bonds is 5. The van der Waals surface area contributed by atoms with Crippen LogP contribution in [-0.2, 0) is 11.2 Å². The van der Waals surface area contributed by atoms with Crippen LogP contribution in [0.15, 0.2) is 54.6 Å². The molecule has 0 fully saturated rings. The topological polar surface area (TPSA) is 66.4 Å². The first-order valence-electron chi connectivity index (χ1n) is 6.39. The first kappa shape index (κ1) is 15.1. The van der Waals surface area contributed by atoms with Crippen molar-refractivity contribution in [2.75, 3.05) is 0 Å². The van der Waals surface area contributed by atoms with Gasteiger partial charge in [-0.2, -0.15) is 0 Å². The maximum Gasteiger partial charge on any atom is 0.326 e. The summed E-state index contributed by atoms with van der Waals surface area (Å²) in [5.74, 6) is -1.50. The smallest absolute Gasteiger partial charge is 0.326 e. The second kappa shape index (κ2) is 6.90. The fourth-order valence-corrected chi connectivity index (χ4v) is 2.02. The van der Waals surface area contributed by atoms with E-state index >= 15 is 0 Å². The number of amides is 1. The van der Waals surface area contributed by atoms with Crippen LogP contribution in [0.5, 0.6) is 0 Å². The number of carbonyl (C=O) groups is 2. The number of halogens is 1. The van der Waals surface area contributed by atoms with Gasteiger partial charge in [-0.25, -0.2) is 4.79 Å². The Morgan fingerprint density at radius 2 is 1.67 bits per heavy atom. The molecule has 0 unspecified atom stereocenters. The van der Waals surface area contributed by atoms with Crippen LogP contribution in [0.25, 0.3) is 0 Å². The lowest BCUT2D eigenvalue weighted by molar-refractivity contribution is -0.139. The summed E-state index contributed by atoms with van der Waals surface area (Å²) in [6.07, 6.45) is 0.232. The Morgan fingerprint density at radius 1 is 1.05 bits per heavy atom. The lowest BCUT2D eigenvalue weighted by Crippen LogP contribution is -2.42. The third-order valence-corrected chi connectivity index (χ3v) is 3.24. The van der Waals surface area contributed by atoms with Crippen LogP contribution in [0.1, 0.15) is 15.9 Å². The van der Waals surface area contributed by atoms with E-state index in [0.717, 1.165) is 5.56 Å². The molecule has 2 rings (SSSR count). The number of carboxylic acid groups (broad SMARTS) is 1. The summed E-state index contributed by atoms with van der Waals surface area (Å²) < 4.78 is 0. The van der Waals surface area contributed by atoms with E-state index in [0.29, 0.717) is 10.6 Å². The molecule has 0 bridgehead atoms. The number of benzene rings is 2. The molecule has 0 saturated carbocycles. The van der Waals surface area contributed by atoms with Gasteiger partial charge < -0.3 is 10.4 Å². The van der Waals surface area contributed by atoms with Crippen molar-refractivity contribution in [1.29, 1.82) is 0 Å². The Bertz CT molecular complexity index is 626. The van der Waals surface area contributed by atoms with Gasteiger partial charge in [0.05, 0.1) is 0 Å². The van der Waals surface area contributed by atoms with Crippen molar-refractivity contribution in [3.63, 3.8) is 0 Å². The quantitative estimate of drug-likeness (QED) is 0.892. The molecule has 4 nitrogen and oxygen atoms in total. The van der Waals surface area contributed by atoms with Crippen LogP contribution in [-0.4, -0.2) is 23.0 Å². The van der Waals surface area contributed by atoms with Gasteiger partial charge in [-0.05, 0) is 29.8 Å². The van der Waals surface area contributed by atoms with Gasteiger partial charge in [0, 0.05) is 17.0 Å². The molecule has 0 aliphatic carbocycles. The molecule has 5 heteroatoms. The van der Waals surface area contributed by atoms with Gasteiger partial charge in [-0.1, -0.05) is 41.9 Å². The molecule has 0 aliphatic rings. The Hall–Kier alpha value is -2.33. The highest BCUT2D eigenvalue weighted by atomic mass is 35.5. The van der Waals surface area contributed by atoms with Crippen molar-refractivity contribution in [3.05, 3.63) is 70.7 Å². The van der Waals surface area contributed by atoms with E-state index < -0.39 is 17.9 Å². The van der Waals surface area contributed by atoms with Gasteiger partial charge in [0.2, 0.25) is 0 Å². The van der Waals surface area contributed by atoms with Gasteiger partial charge >= 0.3 is 5.97 Å². The predicted octanol–water partition coefficient (Wildman–Crippen LogP) is 2.77. The van der Waals surface area contributed by atoms with Crippen LogP contribution in [0.4, 0.5) is 0 Å². The molecule has 1 amide bonds. The largest absolute Gasteiger partial charge is 0.480 e. The molecular weight excluding hydrogens is 290 g/mol. The van der Waals surface area contributed by atoms with Crippen LogP contribution < -0.4 is 5.32 Å². The molecule has 0 spiro atoms. The lowest BCUT2D eigenvalue weighted by Gasteiger charge is -2.14. The molecule has 0 aliphatic heterocycles. The zero-order valence-electron chi connectivity index (χ0n) is 11.1. The summed E-state index contributed by atoms with van der Waals surface area (Å²) in [5, 5.41) is 12.3. The second-order valence-corrected chi connectivity index (χ2v) is 5.00. The maximum atomic E-state index is 12.0. The third-order valence-electron chi connectivity index (χ3n) is 2.99. The second-order valence-electron chi connectivity index (χ2n) is 4.56. The van der Waals surface area contributed by atoms with Crippen molar-refractivity contribution in [2.24, 2.45) is 0 Å². The zero-order chi connectivity index (χ0) is 15.2. The molecule has 0 heterocycles. The minimum atomic E-state index is -1.07. The van der Waals surface area contributed by atoms with E-state index in [1.165, 1.54) is 0 Å². The molecule has 2 aromatic carbocycles. The first-order valence-corrected chi connectivity index (χ1v) is 6.77. The summed E-state index contributed by atoms with van der Waals surface area (Å²) >= 11 is 5.75. The van der Waals surface area contributed by atoms with Crippen molar-refractivity contribution in [3.8, 4) is 0 Å². The molecule has 108 valence electrons. The highest BCUT2D eigenvalue weighted by molar-refractivity contribution is 6.30. The normalized spacial score (nSPS) is 11.7. The zero-order valence-corrected chi connectivity index (χ0v) is 11.9. The monoisotopic (exact) mass is 303 g/mol. The summed E-state index contributed by atoms with van der Waals surface area (Å²) in [7, 11) is 0. The lowest BCUT2D eigenvalue weighted by atomic mass is 10.1. The average Bonchev–Trinajstić information content (AvgIpc) is 2.48. The molecule has 0 saturated heterocycles. The molecule has 1 atom stereocenters. The maximum absolute atomic E-state index is 12.0. The molecule has 2 N–H and O–H groups in total. The van der Waals surface area contributed by atoms with Crippen molar-refractivity contribution < 1.29 is 14.7 Å². The third kappa shape index (κ3) is 4.33. The molecular formula is C16H14ClNO3. The standard InChI is InChI=1S/C16H14ClNO3/c17-13-8-6-12(7-9-13)15(19)18-14(16(20)21)10-11-4-2-1-3-5-11/h1-9,14H,10H2,(H,18,19)(H,20,21)/t14-/m1/s1. The number of hydrogen-bond acceptors (Lipinski definition) is 2. The van der Waals surface area contributed by atoms with Crippen molar-refractivity contribution >= 4 is 23.5 Å². The molecule has 21 heavy (non-hydrogen) atoms. The van der Waals surface area contributed by atoms with Crippen LogP contribution in [0.3, 0.4) is 0 Å². The number of aliphatic carboxylic acids is 1. The van der Waals surface area contributed by atoms with Crippen molar-refractivity contribution in [1.82, 2.24) is 5.32 Å². The Morgan fingerprint density at radius 3 is 2.24 bits per heavy atom. The Balaban J connectivity index is 2.07. The summed E-state index contributed by atoms with van der Waals surface area (Å²) in [6, 6.07) is 14.5. The van der Waals surface area contributed by atoms with Crippen LogP contribution in [0.2, 0.25) is 5.02 Å². The van der Waals surface area contributed by atoms with E-state index in [1.54, 1.807) is 24.3 Å². The average molecular weight is 304 g/mol. The highest BCUT2D eigenvalue weighted by Gasteiger charge is 2.20. The molecule has 2 aromatic rings. The van der Waals surface area contributed by atoms with E-state index in [1.807, 2.05) is 30.3 Å². The predicted molar refractivity (Wildman–Crippen MR) is 80.5 cm³/mol. The first-order chi connectivity index (χ1) is 10.1. The van der Waals surface area contributed by atoms with Gasteiger partial charge in [-0.15, -0.1) is 0 Å². The summed E-state index contributed by atoms with van der Waals surface area (Å²) in [5.41, 5.74) is 1.22. The van der Waals surface area contributed by atoms with Gasteiger partial charge in [0.25, 0.3) is 5.91 Å². The van der Waals surface area contributed by atoms with E-state index in [-0.39, 0.29) is 6.42 Å². The Kier molecular flexibility index (Phi) is 4.95. The minimum Gasteiger partial charge on any atom is -0.480 e. The van der Waals surface area contributed by atoms with Gasteiger partial charge in [0.1, 0.15) is 6.04 Å². The SMILES string of the molecule is O=C(N[C@H](Cc1ccccc1)C(=O)O)c1ccc(Cl)cc1. The van der Waals surface area contributed by atoms with Crippen LogP contribution in [0, 0.1) is 0 Å². The highest BCUT2D eigenvalue weighted by Crippen LogP contribution is 2.10. The fourth-order valence-electron chi connectivity index (χ4n) is 1.89. The van der Waals surface area contributed by atoms with E-state index in [2.05, 4.69) is 5.32 Å². The minimum absolute atomic E-state index is 0.232. The van der Waals surface area contributed by atoms with E-state index in [4.69, 9.17) is 11.6 Å². The number of hydrogen-bond donors (Lipinski definition) is 2. The molecule has 0 aromatic heterocycles. The Labute approximate surface area is 127 Å². The number of carbonyl (C=O) groups excluding carboxylic acids is 1. The fraction of sp³-hybridized carbons (Fsp3) is 0.125.